The van der Waals surface area contributed by atoms with Crippen LogP contribution >= 0.6 is 12.2 Å². The first-order valence-corrected chi connectivity index (χ1v) is 13.2. The highest BCUT2D eigenvalue weighted by Crippen LogP contribution is 2.30. The molecule has 15 heteroatoms. The highest BCUT2D eigenvalue weighted by Gasteiger charge is 2.39. The number of anilines is 1. The summed E-state index contributed by atoms with van der Waals surface area (Å²) in [5.74, 6) is -1.75. The molecular formula is C25H32F5N5O4S. The Hall–Kier alpha value is -2.78. The summed E-state index contributed by atoms with van der Waals surface area (Å²) < 4.78 is 73.0. The molecular weight excluding hydrogens is 561 g/mol. The van der Waals surface area contributed by atoms with Gasteiger partial charge in [0.1, 0.15) is 11.9 Å². The molecule has 1 aromatic rings. The highest BCUT2D eigenvalue weighted by atomic mass is 32.1. The lowest BCUT2D eigenvalue weighted by Gasteiger charge is -2.27. The lowest BCUT2D eigenvalue weighted by molar-refractivity contribution is -0.143. The molecule has 1 aromatic heterocycles. The van der Waals surface area contributed by atoms with Gasteiger partial charge in [0.2, 0.25) is 0 Å². The van der Waals surface area contributed by atoms with Crippen molar-refractivity contribution >= 4 is 40.4 Å². The van der Waals surface area contributed by atoms with Crippen molar-refractivity contribution in [2.45, 2.75) is 82.9 Å². The van der Waals surface area contributed by atoms with Gasteiger partial charge < -0.3 is 25.4 Å². The minimum absolute atomic E-state index is 0.0371. The summed E-state index contributed by atoms with van der Waals surface area (Å²) in [6.45, 7) is 4.90. The van der Waals surface area contributed by atoms with E-state index in [1.54, 1.807) is 0 Å². The molecule has 222 valence electrons. The topological polar surface area (TPSA) is 116 Å². The van der Waals surface area contributed by atoms with Crippen LogP contribution in [-0.2, 0) is 14.3 Å². The predicted octanol–water partition coefficient (Wildman–Crippen LogP) is 3.21. The Bertz CT molecular complexity index is 1140. The maximum absolute atomic E-state index is 14.1. The van der Waals surface area contributed by atoms with Gasteiger partial charge in [-0.15, -0.1) is 0 Å². The number of aliphatic hydroxyl groups is 1. The molecule has 0 aliphatic carbocycles. The van der Waals surface area contributed by atoms with Crippen molar-refractivity contribution in [3.8, 4) is 0 Å². The first-order chi connectivity index (χ1) is 18.7. The summed E-state index contributed by atoms with van der Waals surface area (Å²) >= 11 is 5.46. The van der Waals surface area contributed by atoms with Crippen LogP contribution < -0.4 is 10.6 Å². The van der Waals surface area contributed by atoms with Crippen LogP contribution in [0.1, 0.15) is 57.6 Å². The molecule has 2 amide bonds. The maximum Gasteiger partial charge on any atom is 0.408 e. The molecule has 0 saturated carbocycles. The third-order valence-electron chi connectivity index (χ3n) is 6.90. The summed E-state index contributed by atoms with van der Waals surface area (Å²) in [7, 11) is 0. The smallest absolute Gasteiger partial charge is 0.388 e. The largest absolute Gasteiger partial charge is 0.408 e. The van der Waals surface area contributed by atoms with Crippen molar-refractivity contribution in [3.05, 3.63) is 23.4 Å². The van der Waals surface area contributed by atoms with Crippen molar-refractivity contribution < 1.29 is 41.4 Å². The zero-order valence-corrected chi connectivity index (χ0v) is 23.0. The monoisotopic (exact) mass is 593 g/mol. The fourth-order valence-corrected chi connectivity index (χ4v) is 4.85. The lowest BCUT2D eigenvalue weighted by Crippen LogP contribution is -2.47. The predicted molar refractivity (Wildman–Crippen MR) is 141 cm³/mol. The minimum atomic E-state index is -4.63. The van der Waals surface area contributed by atoms with Gasteiger partial charge in [-0.25, -0.2) is 13.8 Å². The maximum atomic E-state index is 14.1. The average molecular weight is 594 g/mol. The van der Waals surface area contributed by atoms with E-state index in [1.807, 2.05) is 6.92 Å². The number of thiocarbonyl (C=S) groups is 1. The zero-order chi connectivity index (χ0) is 29.8. The Balaban J connectivity index is 1.97. The average Bonchev–Trinajstić information content (AvgIpc) is 3.51. The van der Waals surface area contributed by atoms with Gasteiger partial charge in [-0.2, -0.15) is 13.2 Å². The van der Waals surface area contributed by atoms with Gasteiger partial charge in [-0.05, 0) is 39.2 Å². The summed E-state index contributed by atoms with van der Waals surface area (Å²) in [4.78, 5) is 35.6. The number of aromatic nitrogens is 1. The lowest BCUT2D eigenvalue weighted by atomic mass is 10.0. The first-order valence-electron chi connectivity index (χ1n) is 12.8. The SMILES string of the molecule is CC[C@H](Nc1cc(C(F)F)c(C(=S)C(N=C(C)C(=O)N[C@@H]2COC[C@@H]2O)C(=O)N2CCC[C@@H]2C)cn1)C(F)(F)F. The molecule has 3 N–H and O–H groups in total. The molecule has 9 nitrogen and oxygen atoms in total. The molecule has 3 heterocycles. The third kappa shape index (κ3) is 7.49. The number of pyridine rings is 1. The fourth-order valence-electron chi connectivity index (χ4n) is 4.53. The number of carbonyl (C=O) groups is 2. The summed E-state index contributed by atoms with van der Waals surface area (Å²) in [6, 6.07) is -3.67. The molecule has 2 saturated heterocycles. The molecule has 0 spiro atoms. The second-order valence-electron chi connectivity index (χ2n) is 9.79. The molecule has 5 atom stereocenters. The Morgan fingerprint density at radius 1 is 1.32 bits per heavy atom. The number of aliphatic imine (C=N–C) groups is 1. The van der Waals surface area contributed by atoms with E-state index in [9.17, 15) is 36.6 Å². The van der Waals surface area contributed by atoms with Gasteiger partial charge >= 0.3 is 6.18 Å². The number of likely N-dealkylation sites (tertiary alicyclic amines) is 1. The van der Waals surface area contributed by atoms with Crippen LogP contribution in [0.3, 0.4) is 0 Å². The zero-order valence-electron chi connectivity index (χ0n) is 22.2. The van der Waals surface area contributed by atoms with Gasteiger partial charge in [-0.3, -0.25) is 14.6 Å². The fraction of sp³-hybridized carbons (Fsp3) is 0.640. The van der Waals surface area contributed by atoms with E-state index in [0.717, 1.165) is 12.3 Å². The summed E-state index contributed by atoms with van der Waals surface area (Å²) in [5, 5.41) is 14.6. The van der Waals surface area contributed by atoms with Crippen molar-refractivity contribution in [1.29, 1.82) is 0 Å². The molecule has 2 fully saturated rings. The number of nitrogens with zero attached hydrogens (tertiary/aromatic N) is 3. The van der Waals surface area contributed by atoms with Crippen LogP contribution in [0.2, 0.25) is 0 Å². The number of amides is 2. The molecule has 1 unspecified atom stereocenters. The van der Waals surface area contributed by atoms with E-state index in [-0.39, 0.29) is 41.8 Å². The Labute approximate surface area is 233 Å². The molecule has 2 aliphatic rings. The summed E-state index contributed by atoms with van der Waals surface area (Å²) in [5.41, 5.74) is -1.25. The third-order valence-corrected chi connectivity index (χ3v) is 7.34. The number of nitrogens with one attached hydrogen (secondary N) is 2. The molecule has 2 aliphatic heterocycles. The van der Waals surface area contributed by atoms with Crippen LogP contribution in [0.5, 0.6) is 0 Å². The normalized spacial score (nSPS) is 23.3. The van der Waals surface area contributed by atoms with Crippen LogP contribution in [0, 0.1) is 0 Å². The molecule has 3 rings (SSSR count). The van der Waals surface area contributed by atoms with E-state index < -0.39 is 60.0 Å². The molecule has 0 radical (unpaired) electrons. The second-order valence-corrected chi connectivity index (χ2v) is 10.2. The number of carbonyl (C=O) groups excluding carboxylic acids is 2. The highest BCUT2D eigenvalue weighted by molar-refractivity contribution is 7.81. The van der Waals surface area contributed by atoms with Crippen LogP contribution in [0.15, 0.2) is 17.3 Å². The van der Waals surface area contributed by atoms with Crippen molar-refractivity contribution in [1.82, 2.24) is 15.2 Å². The number of halogens is 5. The Morgan fingerprint density at radius 2 is 2.02 bits per heavy atom. The van der Waals surface area contributed by atoms with Crippen molar-refractivity contribution in [3.63, 3.8) is 0 Å². The van der Waals surface area contributed by atoms with Crippen molar-refractivity contribution in [2.24, 2.45) is 4.99 Å². The van der Waals surface area contributed by atoms with Gasteiger partial charge in [0.25, 0.3) is 18.2 Å². The van der Waals surface area contributed by atoms with E-state index >= 15 is 0 Å². The number of alkyl halides is 5. The van der Waals surface area contributed by atoms with Gasteiger partial charge in [0, 0.05) is 29.9 Å². The number of ether oxygens (including phenoxy) is 1. The van der Waals surface area contributed by atoms with E-state index in [1.165, 1.54) is 18.7 Å². The number of hydrogen-bond donors (Lipinski definition) is 3. The quantitative estimate of drug-likeness (QED) is 0.165. The Kier molecular flexibility index (Phi) is 10.5. The van der Waals surface area contributed by atoms with Crippen LogP contribution in [-0.4, -0.2) is 93.6 Å². The van der Waals surface area contributed by atoms with E-state index in [4.69, 9.17) is 17.0 Å². The second kappa shape index (κ2) is 13.3. The van der Waals surface area contributed by atoms with Gasteiger partial charge in [0.05, 0.1) is 35.9 Å². The van der Waals surface area contributed by atoms with Gasteiger partial charge in [0.15, 0.2) is 6.04 Å². The number of rotatable bonds is 10. The minimum Gasteiger partial charge on any atom is -0.388 e. The van der Waals surface area contributed by atoms with Crippen LogP contribution in [0.4, 0.5) is 27.8 Å². The molecule has 40 heavy (non-hydrogen) atoms. The van der Waals surface area contributed by atoms with E-state index in [2.05, 4.69) is 20.6 Å². The Morgan fingerprint density at radius 3 is 2.55 bits per heavy atom. The number of aliphatic hydroxyl groups excluding tert-OH is 1. The van der Waals surface area contributed by atoms with Crippen molar-refractivity contribution in [2.75, 3.05) is 25.1 Å². The molecule has 0 aromatic carbocycles. The van der Waals surface area contributed by atoms with Gasteiger partial charge in [-0.1, -0.05) is 19.1 Å². The summed E-state index contributed by atoms with van der Waals surface area (Å²) in [6.07, 6.45) is -6.79. The first kappa shape index (κ1) is 31.7. The standard InChI is InChI=1S/C25H32F5N5O4S/c1-4-18(25(28,29)30)34-19-8-14(22(26)27)15(9-31-19)21(40)20(24(38)35-7-5-6-12(35)2)32-13(3)23(37)33-16-10-39-11-17(16)36/h8-9,12,16-18,20,22,36H,4-7,10-11H2,1-3H3,(H,31,34)(H,33,37)/t12-,16+,17-,18-,20?/m0/s1. The van der Waals surface area contributed by atoms with Crippen LogP contribution in [0.25, 0.3) is 0 Å². The number of hydrogen-bond acceptors (Lipinski definition) is 8. The van der Waals surface area contributed by atoms with E-state index in [0.29, 0.717) is 19.4 Å². The molecule has 0 bridgehead atoms.